The lowest BCUT2D eigenvalue weighted by atomic mass is 9.93. The molecule has 0 saturated heterocycles. The summed E-state index contributed by atoms with van der Waals surface area (Å²) < 4.78 is 0. The first-order chi connectivity index (χ1) is 9.65. The molecule has 0 unspecified atom stereocenters. The maximum Gasteiger partial charge on any atom is 0.328 e. The van der Waals surface area contributed by atoms with Gasteiger partial charge in [0.15, 0.2) is 0 Å². The Hall–Kier alpha value is -2.32. The van der Waals surface area contributed by atoms with E-state index in [1.165, 1.54) is 6.08 Å². The molecule has 0 radical (unpaired) electrons. The molecule has 2 nitrogen and oxygen atoms in total. The molecule has 0 amide bonds. The Morgan fingerprint density at radius 2 is 1.70 bits per heavy atom. The number of carboxylic acids is 1. The second-order valence-corrected chi connectivity index (χ2v) is 4.98. The van der Waals surface area contributed by atoms with Crippen LogP contribution in [0.1, 0.15) is 22.3 Å². The van der Waals surface area contributed by atoms with Gasteiger partial charge in [-0.05, 0) is 40.0 Å². The van der Waals surface area contributed by atoms with Gasteiger partial charge < -0.3 is 5.11 Å². The van der Waals surface area contributed by atoms with Crippen molar-refractivity contribution in [3.8, 4) is 0 Å². The molecule has 1 aliphatic carbocycles. The molecular weight excluding hydrogens is 272 g/mol. The summed E-state index contributed by atoms with van der Waals surface area (Å²) in [7, 11) is 0. The molecule has 3 rings (SSSR count). The van der Waals surface area contributed by atoms with Gasteiger partial charge in [-0.15, -0.1) is 0 Å². The molecule has 0 bridgehead atoms. The van der Waals surface area contributed by atoms with Crippen LogP contribution in [0.5, 0.6) is 0 Å². The summed E-state index contributed by atoms with van der Waals surface area (Å²) >= 11 is 6.06. The summed E-state index contributed by atoms with van der Waals surface area (Å²) in [5, 5.41) is 9.74. The third-order valence-electron chi connectivity index (χ3n) is 3.27. The van der Waals surface area contributed by atoms with Gasteiger partial charge in [0, 0.05) is 11.1 Å². The first kappa shape index (κ1) is 12.7. The Bertz CT molecular complexity index is 757. The van der Waals surface area contributed by atoms with Crippen LogP contribution < -0.4 is 0 Å². The highest BCUT2D eigenvalue weighted by atomic mass is 35.5. The van der Waals surface area contributed by atoms with Crippen LogP contribution in [0, 0.1) is 0 Å². The smallest absolute Gasteiger partial charge is 0.328 e. The fourth-order valence-corrected chi connectivity index (χ4v) is 2.57. The summed E-state index contributed by atoms with van der Waals surface area (Å²) in [4.78, 5) is 11.2. The molecule has 2 aromatic rings. The Kier molecular flexibility index (Phi) is 3.17. The summed E-state index contributed by atoms with van der Waals surface area (Å²) in [6.07, 6.45) is 5.21. The number of hydrogen-bond acceptors (Lipinski definition) is 1. The molecular formula is C17H11ClO2. The van der Waals surface area contributed by atoms with Crippen LogP contribution in [0.2, 0.25) is 5.02 Å². The van der Waals surface area contributed by atoms with Gasteiger partial charge in [0.1, 0.15) is 0 Å². The largest absolute Gasteiger partial charge is 0.478 e. The maximum absolute atomic E-state index is 11.2. The van der Waals surface area contributed by atoms with Gasteiger partial charge in [0.2, 0.25) is 0 Å². The molecule has 0 spiro atoms. The Labute approximate surface area is 121 Å². The van der Waals surface area contributed by atoms with E-state index in [9.17, 15) is 4.79 Å². The van der Waals surface area contributed by atoms with Crippen LogP contribution in [0.4, 0.5) is 0 Å². The Balaban J connectivity index is 2.35. The fourth-order valence-electron chi connectivity index (χ4n) is 2.40. The van der Waals surface area contributed by atoms with E-state index in [0.717, 1.165) is 22.3 Å². The van der Waals surface area contributed by atoms with E-state index in [-0.39, 0.29) is 0 Å². The van der Waals surface area contributed by atoms with Crippen molar-refractivity contribution in [2.75, 3.05) is 0 Å². The lowest BCUT2D eigenvalue weighted by molar-refractivity contribution is -0.131. The zero-order valence-electron chi connectivity index (χ0n) is 10.5. The molecule has 2 aromatic carbocycles. The van der Waals surface area contributed by atoms with Gasteiger partial charge in [-0.2, -0.15) is 0 Å². The number of carbonyl (C=O) groups is 1. The van der Waals surface area contributed by atoms with Gasteiger partial charge in [-0.1, -0.05) is 54.1 Å². The first-order valence-corrected chi connectivity index (χ1v) is 6.55. The minimum absolute atomic E-state index is 0.591. The fraction of sp³-hybridized carbons (Fsp3) is 0. The highest BCUT2D eigenvalue weighted by Crippen LogP contribution is 2.34. The first-order valence-electron chi connectivity index (χ1n) is 6.17. The maximum atomic E-state index is 11.2. The summed E-state index contributed by atoms with van der Waals surface area (Å²) in [5.41, 5.74) is 4.36. The van der Waals surface area contributed by atoms with E-state index in [1.807, 2.05) is 42.5 Å². The monoisotopic (exact) mass is 282 g/mol. The number of carboxylic acid groups (broad SMARTS) is 1. The lowest BCUT2D eigenvalue weighted by Gasteiger charge is -2.11. The topological polar surface area (TPSA) is 37.3 Å². The minimum Gasteiger partial charge on any atom is -0.478 e. The second-order valence-electron chi connectivity index (χ2n) is 4.55. The van der Waals surface area contributed by atoms with E-state index in [1.54, 1.807) is 12.1 Å². The highest BCUT2D eigenvalue weighted by Gasteiger charge is 2.16. The second kappa shape index (κ2) is 4.99. The quantitative estimate of drug-likeness (QED) is 0.674. The van der Waals surface area contributed by atoms with E-state index in [0.29, 0.717) is 10.6 Å². The standard InChI is InChI=1S/C17H11ClO2/c18-13-8-7-12-6-5-11-3-1-2-4-14(11)16(10-17(19)20)15(12)9-13/h1-10H,(H,19,20)/b16-10+. The zero-order valence-corrected chi connectivity index (χ0v) is 11.3. The highest BCUT2D eigenvalue weighted by molar-refractivity contribution is 6.31. The number of aliphatic carboxylic acids is 1. The number of rotatable bonds is 1. The summed E-state index contributed by atoms with van der Waals surface area (Å²) in [6, 6.07) is 13.2. The molecule has 3 heteroatoms. The van der Waals surface area contributed by atoms with Crippen molar-refractivity contribution in [1.29, 1.82) is 0 Å². The predicted molar refractivity (Wildman–Crippen MR) is 81.5 cm³/mol. The molecule has 20 heavy (non-hydrogen) atoms. The number of halogens is 1. The van der Waals surface area contributed by atoms with Crippen LogP contribution in [-0.2, 0) is 4.79 Å². The van der Waals surface area contributed by atoms with Crippen molar-refractivity contribution in [1.82, 2.24) is 0 Å². The molecule has 1 N–H and O–H groups in total. The third-order valence-corrected chi connectivity index (χ3v) is 3.50. The van der Waals surface area contributed by atoms with Gasteiger partial charge >= 0.3 is 5.97 Å². The van der Waals surface area contributed by atoms with E-state index in [2.05, 4.69) is 0 Å². The molecule has 0 saturated carbocycles. The average molecular weight is 283 g/mol. The SMILES string of the molecule is O=C(O)/C=C1\c2ccccc2C=Cc2ccc(Cl)cc21. The normalized spacial score (nSPS) is 14.6. The minimum atomic E-state index is -0.970. The summed E-state index contributed by atoms with van der Waals surface area (Å²) in [6.45, 7) is 0. The Morgan fingerprint density at radius 1 is 1.00 bits per heavy atom. The van der Waals surface area contributed by atoms with Gasteiger partial charge in [0.25, 0.3) is 0 Å². The molecule has 0 aromatic heterocycles. The van der Waals surface area contributed by atoms with Gasteiger partial charge in [-0.3, -0.25) is 0 Å². The van der Waals surface area contributed by atoms with Gasteiger partial charge in [-0.25, -0.2) is 4.79 Å². The van der Waals surface area contributed by atoms with Crippen molar-refractivity contribution >= 4 is 35.3 Å². The number of hydrogen-bond donors (Lipinski definition) is 1. The van der Waals surface area contributed by atoms with Crippen molar-refractivity contribution in [3.05, 3.63) is 75.8 Å². The molecule has 98 valence electrons. The molecule has 0 heterocycles. The van der Waals surface area contributed by atoms with Crippen LogP contribution >= 0.6 is 11.6 Å². The molecule has 1 aliphatic rings. The van der Waals surface area contributed by atoms with Crippen molar-refractivity contribution in [3.63, 3.8) is 0 Å². The van der Waals surface area contributed by atoms with Gasteiger partial charge in [0.05, 0.1) is 0 Å². The van der Waals surface area contributed by atoms with Crippen LogP contribution in [0.15, 0.2) is 48.5 Å². The van der Waals surface area contributed by atoms with Crippen LogP contribution in [0.25, 0.3) is 17.7 Å². The third kappa shape index (κ3) is 2.26. The van der Waals surface area contributed by atoms with Crippen molar-refractivity contribution < 1.29 is 9.90 Å². The van der Waals surface area contributed by atoms with Crippen molar-refractivity contribution in [2.24, 2.45) is 0 Å². The molecule has 0 aliphatic heterocycles. The predicted octanol–water partition coefficient (Wildman–Crippen LogP) is 4.34. The Morgan fingerprint density at radius 3 is 2.45 bits per heavy atom. The summed E-state index contributed by atoms with van der Waals surface area (Å²) in [5.74, 6) is -0.970. The van der Waals surface area contributed by atoms with Crippen LogP contribution in [0.3, 0.4) is 0 Å². The van der Waals surface area contributed by atoms with Crippen molar-refractivity contribution in [2.45, 2.75) is 0 Å². The zero-order chi connectivity index (χ0) is 14.1. The van der Waals surface area contributed by atoms with E-state index < -0.39 is 5.97 Å². The molecule has 0 atom stereocenters. The number of fused-ring (bicyclic) bond motifs is 2. The van der Waals surface area contributed by atoms with E-state index >= 15 is 0 Å². The average Bonchev–Trinajstić information content (AvgIpc) is 2.57. The number of benzene rings is 2. The lowest BCUT2D eigenvalue weighted by Crippen LogP contribution is -1.97. The van der Waals surface area contributed by atoms with E-state index in [4.69, 9.17) is 16.7 Å². The molecule has 0 fully saturated rings. The van der Waals surface area contributed by atoms with Crippen LogP contribution in [-0.4, -0.2) is 11.1 Å².